The highest BCUT2D eigenvalue weighted by Gasteiger charge is 2.52. The van der Waals surface area contributed by atoms with E-state index in [1.165, 1.54) is 7.11 Å². The average molecular weight is 421 g/mol. The van der Waals surface area contributed by atoms with Crippen LogP contribution in [0, 0.1) is 5.41 Å². The van der Waals surface area contributed by atoms with Gasteiger partial charge in [0.25, 0.3) is 0 Å². The Labute approximate surface area is 183 Å². The van der Waals surface area contributed by atoms with Gasteiger partial charge in [0.05, 0.1) is 12.5 Å². The molecule has 0 saturated carbocycles. The summed E-state index contributed by atoms with van der Waals surface area (Å²) in [7, 11) is 1.39. The summed E-state index contributed by atoms with van der Waals surface area (Å²) in [5.41, 5.74) is 0.0646. The van der Waals surface area contributed by atoms with E-state index in [1.54, 1.807) is 56.3 Å². The third kappa shape index (κ3) is 4.36. The molecule has 0 heterocycles. The Kier molecular flexibility index (Phi) is 7.70. The van der Waals surface area contributed by atoms with Crippen LogP contribution in [0.25, 0.3) is 5.76 Å². The van der Waals surface area contributed by atoms with Gasteiger partial charge in [-0.2, -0.15) is 0 Å². The molecule has 0 bridgehead atoms. The van der Waals surface area contributed by atoms with Crippen LogP contribution in [0.15, 0.2) is 83.7 Å². The maximum Gasteiger partial charge on any atom is 0.200 e. The fourth-order valence-electron chi connectivity index (χ4n) is 3.92. The molecule has 0 fully saturated rings. The Balaban J connectivity index is 2.94. The Morgan fingerprint density at radius 1 is 1.13 bits per heavy atom. The number of allylic oxidation sites excluding steroid dienone is 7. The van der Waals surface area contributed by atoms with Crippen LogP contribution in [0.3, 0.4) is 0 Å². The number of ether oxygens (including phenoxy) is 1. The maximum absolute atomic E-state index is 13.9. The molecule has 1 aliphatic carbocycles. The highest BCUT2D eigenvalue weighted by atomic mass is 16.5. The van der Waals surface area contributed by atoms with Crippen LogP contribution in [-0.4, -0.2) is 30.1 Å². The minimum atomic E-state index is -1.38. The maximum atomic E-state index is 13.9. The number of Topliss-reactive ketones (excluding diaryl/α,β-unsaturated/α-hetero) is 2. The molecule has 1 aliphatic rings. The summed E-state index contributed by atoms with van der Waals surface area (Å²) in [6, 6.07) is 8.41. The monoisotopic (exact) mass is 420 g/mol. The third-order valence-electron chi connectivity index (χ3n) is 5.48. The van der Waals surface area contributed by atoms with Crippen molar-refractivity contribution in [2.24, 2.45) is 5.41 Å². The van der Waals surface area contributed by atoms with Crippen molar-refractivity contribution in [3.8, 4) is 0 Å². The lowest BCUT2D eigenvalue weighted by atomic mass is 9.64. The highest BCUT2D eigenvalue weighted by Crippen LogP contribution is 2.48. The number of hydrogen-bond acceptors (Lipinski definition) is 5. The fourth-order valence-corrected chi connectivity index (χ4v) is 3.92. The number of ketones is 2. The smallest absolute Gasteiger partial charge is 0.200 e. The predicted molar refractivity (Wildman–Crippen MR) is 121 cm³/mol. The van der Waals surface area contributed by atoms with Crippen molar-refractivity contribution in [1.29, 1.82) is 0 Å². The van der Waals surface area contributed by atoms with Gasteiger partial charge in [-0.25, -0.2) is 0 Å². The number of aliphatic hydroxyl groups excluding tert-OH is 1. The van der Waals surface area contributed by atoms with Crippen LogP contribution in [0.1, 0.15) is 38.7 Å². The lowest BCUT2D eigenvalue weighted by Gasteiger charge is -2.38. The topological polar surface area (TPSA) is 80.7 Å². The van der Waals surface area contributed by atoms with Crippen LogP contribution in [0.2, 0.25) is 0 Å². The van der Waals surface area contributed by atoms with Gasteiger partial charge >= 0.3 is 0 Å². The largest absolute Gasteiger partial charge is 0.506 e. The standard InChI is InChI=1S/C26H28O5/c1-6-11-20-23(29)21(22(28)18-12-9-8-10-13-18)24(30)26(14-7-2,25(20)31-5)15-19(16-27)17(3)4/h6-10,12-13,16,28H,1-2,11,14-15H2,3-5H3/b22-21-. The zero-order valence-electron chi connectivity index (χ0n) is 18.2. The average Bonchev–Trinajstić information content (AvgIpc) is 2.76. The summed E-state index contributed by atoms with van der Waals surface area (Å²) >= 11 is 0. The molecule has 0 radical (unpaired) electrons. The lowest BCUT2D eigenvalue weighted by molar-refractivity contribution is -0.129. The SMILES string of the molecule is C=CCC1=C(OC)C(CC=C)(CC(C=O)=C(C)C)C(=O)/C(=C(\O)c2ccccc2)C1=O. The normalized spacial score (nSPS) is 20.2. The molecule has 5 nitrogen and oxygen atoms in total. The van der Waals surface area contributed by atoms with Crippen LogP contribution >= 0.6 is 0 Å². The minimum absolute atomic E-state index is 0.0202. The number of hydrogen-bond donors (Lipinski definition) is 1. The van der Waals surface area contributed by atoms with Gasteiger partial charge in [-0.05, 0) is 38.7 Å². The Hall–Kier alpha value is -3.47. The van der Waals surface area contributed by atoms with E-state index in [0.29, 0.717) is 17.4 Å². The highest BCUT2D eigenvalue weighted by molar-refractivity contribution is 6.34. The molecule has 2 rings (SSSR count). The van der Waals surface area contributed by atoms with Crippen molar-refractivity contribution in [3.63, 3.8) is 0 Å². The van der Waals surface area contributed by atoms with E-state index in [9.17, 15) is 19.5 Å². The van der Waals surface area contributed by atoms with Crippen molar-refractivity contribution in [2.75, 3.05) is 7.11 Å². The summed E-state index contributed by atoms with van der Waals surface area (Å²) in [4.78, 5) is 39.0. The first-order chi connectivity index (χ1) is 14.8. The molecule has 0 amide bonds. The van der Waals surface area contributed by atoms with Crippen LogP contribution < -0.4 is 0 Å². The van der Waals surface area contributed by atoms with Gasteiger partial charge in [0, 0.05) is 11.1 Å². The van der Waals surface area contributed by atoms with E-state index in [1.807, 2.05) is 0 Å². The molecule has 162 valence electrons. The molecule has 0 spiro atoms. The number of carbonyl (C=O) groups excluding carboxylic acids is 3. The van der Waals surface area contributed by atoms with Crippen molar-refractivity contribution in [1.82, 2.24) is 0 Å². The summed E-state index contributed by atoms with van der Waals surface area (Å²) in [5.74, 6) is -1.41. The quantitative estimate of drug-likeness (QED) is 0.198. The molecule has 1 unspecified atom stereocenters. The van der Waals surface area contributed by atoms with Gasteiger partial charge in [0.15, 0.2) is 11.6 Å². The zero-order valence-corrected chi connectivity index (χ0v) is 18.2. The van der Waals surface area contributed by atoms with Gasteiger partial charge in [0.2, 0.25) is 0 Å². The van der Waals surface area contributed by atoms with Crippen molar-refractivity contribution >= 4 is 23.6 Å². The molecular weight excluding hydrogens is 392 g/mol. The Morgan fingerprint density at radius 3 is 2.26 bits per heavy atom. The van der Waals surface area contributed by atoms with Gasteiger partial charge in [-0.1, -0.05) is 48.1 Å². The second kappa shape index (κ2) is 10.0. The van der Waals surface area contributed by atoms with E-state index in [4.69, 9.17) is 4.74 Å². The van der Waals surface area contributed by atoms with Crippen molar-refractivity contribution in [2.45, 2.75) is 33.1 Å². The molecule has 31 heavy (non-hydrogen) atoms. The molecule has 1 atom stereocenters. The first-order valence-electron chi connectivity index (χ1n) is 9.98. The van der Waals surface area contributed by atoms with Crippen molar-refractivity contribution < 1.29 is 24.2 Å². The van der Waals surface area contributed by atoms with Gasteiger partial charge in [-0.3, -0.25) is 14.4 Å². The van der Waals surface area contributed by atoms with Crippen molar-refractivity contribution in [3.05, 3.63) is 89.3 Å². The zero-order chi connectivity index (χ0) is 23.2. The summed E-state index contributed by atoms with van der Waals surface area (Å²) < 4.78 is 5.62. The van der Waals surface area contributed by atoms with E-state index in [0.717, 1.165) is 5.57 Å². The van der Waals surface area contributed by atoms with Gasteiger partial charge < -0.3 is 9.84 Å². The van der Waals surface area contributed by atoms with E-state index in [-0.39, 0.29) is 36.2 Å². The second-order valence-corrected chi connectivity index (χ2v) is 7.65. The molecule has 0 aliphatic heterocycles. The molecule has 1 aromatic carbocycles. The van der Waals surface area contributed by atoms with Crippen LogP contribution in [0.5, 0.6) is 0 Å². The number of methoxy groups -OCH3 is 1. The number of aldehydes is 1. The second-order valence-electron chi connectivity index (χ2n) is 7.65. The third-order valence-corrected chi connectivity index (χ3v) is 5.48. The summed E-state index contributed by atoms with van der Waals surface area (Å²) in [6.45, 7) is 11.1. The Morgan fingerprint density at radius 2 is 1.77 bits per heavy atom. The fraction of sp³-hybridized carbons (Fsp3) is 0.269. The Bertz CT molecular complexity index is 1000. The van der Waals surface area contributed by atoms with Gasteiger partial charge in [-0.15, -0.1) is 13.2 Å². The van der Waals surface area contributed by atoms with E-state index in [2.05, 4.69) is 13.2 Å². The molecule has 1 aromatic rings. The first kappa shape index (κ1) is 23.8. The number of benzene rings is 1. The van der Waals surface area contributed by atoms with E-state index < -0.39 is 22.7 Å². The van der Waals surface area contributed by atoms with Gasteiger partial charge in [0.1, 0.15) is 23.4 Å². The van der Waals surface area contributed by atoms with E-state index >= 15 is 0 Å². The lowest BCUT2D eigenvalue weighted by Crippen LogP contribution is -2.43. The summed E-state index contributed by atoms with van der Waals surface area (Å²) in [6.07, 6.45) is 4.10. The number of aliphatic hydroxyl groups is 1. The number of carbonyl (C=O) groups is 3. The molecule has 0 aromatic heterocycles. The van der Waals surface area contributed by atoms with Crippen LogP contribution in [-0.2, 0) is 19.1 Å². The van der Waals surface area contributed by atoms with Crippen LogP contribution in [0.4, 0.5) is 0 Å². The predicted octanol–water partition coefficient (Wildman–Crippen LogP) is 5.07. The number of rotatable bonds is 9. The molecule has 1 N–H and O–H groups in total. The first-order valence-corrected chi connectivity index (χ1v) is 9.98. The molecule has 5 heteroatoms. The molecule has 0 saturated heterocycles. The minimum Gasteiger partial charge on any atom is -0.506 e. The summed E-state index contributed by atoms with van der Waals surface area (Å²) in [5, 5.41) is 11.0. The molecular formula is C26H28O5.